The monoisotopic (exact) mass is 319 g/mol. The van der Waals surface area contributed by atoms with Gasteiger partial charge in [0, 0.05) is 18.8 Å². The molecule has 0 radical (unpaired) electrons. The zero-order chi connectivity index (χ0) is 15.3. The van der Waals surface area contributed by atoms with E-state index >= 15 is 0 Å². The quantitative estimate of drug-likeness (QED) is 0.790. The Morgan fingerprint density at radius 1 is 1.45 bits per heavy atom. The molecule has 1 amide bonds. The first-order valence-corrected chi connectivity index (χ1v) is 6.84. The van der Waals surface area contributed by atoms with Gasteiger partial charge in [0.1, 0.15) is 0 Å². The minimum Gasteiger partial charge on any atom is -0.399 e. The lowest BCUT2D eigenvalue weighted by molar-refractivity contribution is -0.117. The molecule has 1 aromatic carbocycles. The molecule has 0 saturated carbocycles. The van der Waals surface area contributed by atoms with Crippen LogP contribution in [0.2, 0.25) is 10.0 Å². The second-order valence-corrected chi connectivity index (χ2v) is 5.44. The summed E-state index contributed by atoms with van der Waals surface area (Å²) in [6.07, 6.45) is 0. The topological polar surface area (TPSA) is 67.6 Å². The normalized spacial score (nSPS) is 12.5. The highest BCUT2D eigenvalue weighted by Gasteiger charge is 2.15. The van der Waals surface area contributed by atoms with Crippen molar-refractivity contribution in [2.24, 2.45) is 0 Å². The van der Waals surface area contributed by atoms with Crippen molar-refractivity contribution in [1.29, 1.82) is 0 Å². The summed E-state index contributed by atoms with van der Waals surface area (Å²) in [4.78, 5) is 13.9. The molecule has 0 aliphatic rings. The van der Waals surface area contributed by atoms with Crippen LogP contribution < -0.4 is 11.1 Å². The number of halogens is 2. The van der Waals surface area contributed by atoms with Gasteiger partial charge in [0.2, 0.25) is 5.91 Å². The molecule has 7 heteroatoms. The third-order valence-electron chi connectivity index (χ3n) is 2.88. The van der Waals surface area contributed by atoms with E-state index < -0.39 is 0 Å². The molecule has 0 heterocycles. The van der Waals surface area contributed by atoms with Crippen LogP contribution in [-0.4, -0.2) is 44.2 Å². The Kier molecular flexibility index (Phi) is 6.55. The molecule has 0 bridgehead atoms. The van der Waals surface area contributed by atoms with E-state index in [1.807, 2.05) is 18.9 Å². The lowest BCUT2D eigenvalue weighted by Gasteiger charge is -2.23. The number of nitrogen functional groups attached to an aromatic ring is 1. The van der Waals surface area contributed by atoms with E-state index in [0.717, 1.165) is 0 Å². The fraction of sp³-hybridized carbons (Fsp3) is 0.462. The van der Waals surface area contributed by atoms with Crippen molar-refractivity contribution in [1.82, 2.24) is 4.90 Å². The van der Waals surface area contributed by atoms with Gasteiger partial charge in [-0.3, -0.25) is 9.69 Å². The number of amides is 1. The number of anilines is 2. The molecule has 112 valence electrons. The third kappa shape index (κ3) is 4.83. The van der Waals surface area contributed by atoms with E-state index in [1.165, 1.54) is 0 Å². The van der Waals surface area contributed by atoms with Crippen molar-refractivity contribution in [3.63, 3.8) is 0 Å². The van der Waals surface area contributed by atoms with Gasteiger partial charge < -0.3 is 15.8 Å². The van der Waals surface area contributed by atoms with Crippen LogP contribution in [0.15, 0.2) is 12.1 Å². The van der Waals surface area contributed by atoms with E-state index in [1.54, 1.807) is 19.2 Å². The number of carbonyl (C=O) groups is 1. The van der Waals surface area contributed by atoms with Crippen LogP contribution >= 0.6 is 23.2 Å². The van der Waals surface area contributed by atoms with E-state index in [-0.39, 0.29) is 18.5 Å². The summed E-state index contributed by atoms with van der Waals surface area (Å²) < 4.78 is 5.05. The lowest BCUT2D eigenvalue weighted by Crippen LogP contribution is -2.38. The second kappa shape index (κ2) is 7.69. The molecular weight excluding hydrogens is 301 g/mol. The summed E-state index contributed by atoms with van der Waals surface area (Å²) in [7, 11) is 3.47. The van der Waals surface area contributed by atoms with E-state index in [0.29, 0.717) is 28.0 Å². The van der Waals surface area contributed by atoms with Crippen LogP contribution in [0.3, 0.4) is 0 Å². The van der Waals surface area contributed by atoms with Gasteiger partial charge in [-0.05, 0) is 26.1 Å². The number of nitrogens with two attached hydrogens (primary N) is 1. The predicted molar refractivity (Wildman–Crippen MR) is 83.5 cm³/mol. The molecular formula is C13H19Cl2N3O2. The maximum Gasteiger partial charge on any atom is 0.238 e. The summed E-state index contributed by atoms with van der Waals surface area (Å²) in [5.41, 5.74) is 6.43. The molecule has 20 heavy (non-hydrogen) atoms. The third-order valence-corrected chi connectivity index (χ3v) is 3.48. The van der Waals surface area contributed by atoms with Crippen molar-refractivity contribution in [3.8, 4) is 0 Å². The second-order valence-electron chi connectivity index (χ2n) is 4.63. The van der Waals surface area contributed by atoms with Crippen molar-refractivity contribution < 1.29 is 9.53 Å². The van der Waals surface area contributed by atoms with Gasteiger partial charge >= 0.3 is 0 Å². The Labute approximate surface area is 129 Å². The molecule has 1 rings (SSSR count). The first-order valence-electron chi connectivity index (χ1n) is 6.08. The van der Waals surface area contributed by atoms with Gasteiger partial charge in [-0.1, -0.05) is 23.2 Å². The number of benzene rings is 1. The number of nitrogens with one attached hydrogen (secondary N) is 1. The minimum atomic E-state index is -0.205. The molecule has 1 aromatic rings. The van der Waals surface area contributed by atoms with Gasteiger partial charge in [0.25, 0.3) is 0 Å². The standard InChI is InChI=1S/C13H19Cl2N3O2/c1-8(7-20-3)18(2)6-12(19)17-13-10(14)4-9(16)5-11(13)15/h4-5,8H,6-7,16H2,1-3H3,(H,17,19). The zero-order valence-electron chi connectivity index (χ0n) is 11.7. The van der Waals surface area contributed by atoms with Crippen molar-refractivity contribution in [2.45, 2.75) is 13.0 Å². The first-order chi connectivity index (χ1) is 9.35. The van der Waals surface area contributed by atoms with Crippen LogP contribution in [0.5, 0.6) is 0 Å². The van der Waals surface area contributed by atoms with Gasteiger partial charge in [0.15, 0.2) is 0 Å². The predicted octanol–water partition coefficient (Wildman–Crippen LogP) is 2.48. The number of hydrogen-bond donors (Lipinski definition) is 2. The summed E-state index contributed by atoms with van der Waals surface area (Å²) in [5.74, 6) is -0.205. The number of methoxy groups -OCH3 is 1. The first kappa shape index (κ1) is 17.0. The molecule has 0 aliphatic heterocycles. The number of ether oxygens (including phenoxy) is 1. The molecule has 0 aromatic heterocycles. The minimum absolute atomic E-state index is 0.128. The molecule has 0 aliphatic carbocycles. The van der Waals surface area contributed by atoms with Crippen LogP contribution in [-0.2, 0) is 9.53 Å². The SMILES string of the molecule is COCC(C)N(C)CC(=O)Nc1c(Cl)cc(N)cc1Cl. The van der Waals surface area contributed by atoms with Crippen molar-refractivity contribution in [3.05, 3.63) is 22.2 Å². The fourth-order valence-corrected chi connectivity index (χ4v) is 2.24. The number of nitrogens with zero attached hydrogens (tertiary/aromatic N) is 1. The summed E-state index contributed by atoms with van der Waals surface area (Å²) in [5, 5.41) is 3.32. The molecule has 0 saturated heterocycles. The average molecular weight is 320 g/mol. The van der Waals surface area contributed by atoms with Crippen molar-refractivity contribution in [2.75, 3.05) is 38.4 Å². The van der Waals surface area contributed by atoms with E-state index in [9.17, 15) is 4.79 Å². The molecule has 1 unspecified atom stereocenters. The van der Waals surface area contributed by atoms with Crippen LogP contribution in [0, 0.1) is 0 Å². The number of likely N-dealkylation sites (N-methyl/N-ethyl adjacent to an activating group) is 1. The molecule has 3 N–H and O–H groups in total. The summed E-state index contributed by atoms with van der Waals surface area (Å²) in [6.45, 7) is 2.73. The Bertz CT molecular complexity index is 460. The molecule has 1 atom stereocenters. The van der Waals surface area contributed by atoms with Gasteiger partial charge in [0.05, 0.1) is 28.9 Å². The highest BCUT2D eigenvalue weighted by atomic mass is 35.5. The number of hydrogen-bond acceptors (Lipinski definition) is 4. The van der Waals surface area contributed by atoms with Crippen LogP contribution in [0.25, 0.3) is 0 Å². The highest BCUT2D eigenvalue weighted by molar-refractivity contribution is 6.40. The van der Waals surface area contributed by atoms with E-state index in [2.05, 4.69) is 5.32 Å². The summed E-state index contributed by atoms with van der Waals surface area (Å²) in [6, 6.07) is 3.21. The van der Waals surface area contributed by atoms with Gasteiger partial charge in [-0.15, -0.1) is 0 Å². The fourth-order valence-electron chi connectivity index (χ4n) is 1.64. The molecule has 0 spiro atoms. The summed E-state index contributed by atoms with van der Waals surface area (Å²) >= 11 is 12.0. The maximum atomic E-state index is 12.0. The Balaban J connectivity index is 2.68. The zero-order valence-corrected chi connectivity index (χ0v) is 13.3. The molecule has 5 nitrogen and oxygen atoms in total. The smallest absolute Gasteiger partial charge is 0.238 e. The Morgan fingerprint density at radius 3 is 2.50 bits per heavy atom. The maximum absolute atomic E-state index is 12.0. The average Bonchev–Trinajstić information content (AvgIpc) is 2.34. The van der Waals surface area contributed by atoms with E-state index in [4.69, 9.17) is 33.7 Å². The Morgan fingerprint density at radius 2 is 2.00 bits per heavy atom. The van der Waals surface area contributed by atoms with Gasteiger partial charge in [-0.2, -0.15) is 0 Å². The largest absolute Gasteiger partial charge is 0.399 e. The lowest BCUT2D eigenvalue weighted by atomic mass is 10.2. The van der Waals surface area contributed by atoms with Crippen molar-refractivity contribution >= 4 is 40.5 Å². The van der Waals surface area contributed by atoms with Crippen LogP contribution in [0.4, 0.5) is 11.4 Å². The Hall–Kier alpha value is -1.01. The number of rotatable bonds is 6. The highest BCUT2D eigenvalue weighted by Crippen LogP contribution is 2.32. The van der Waals surface area contributed by atoms with Crippen LogP contribution in [0.1, 0.15) is 6.92 Å². The molecule has 0 fully saturated rings. The number of carbonyl (C=O) groups excluding carboxylic acids is 1. The van der Waals surface area contributed by atoms with Gasteiger partial charge in [-0.25, -0.2) is 0 Å².